The molecule has 1 heterocycles. The quantitative estimate of drug-likeness (QED) is 0.211. The third-order valence-corrected chi connectivity index (χ3v) is 5.96. The summed E-state index contributed by atoms with van der Waals surface area (Å²) < 4.78 is 58.3. The average Bonchev–Trinajstić information content (AvgIpc) is 3.25. The van der Waals surface area contributed by atoms with Gasteiger partial charge in [-0.05, 0) is 48.0 Å². The summed E-state index contributed by atoms with van der Waals surface area (Å²) in [6.45, 7) is 0. The number of hydrogen-bond acceptors (Lipinski definition) is 5. The molecule has 0 aliphatic rings. The Bertz CT molecular complexity index is 1220. The molecule has 0 saturated heterocycles. The van der Waals surface area contributed by atoms with E-state index in [2.05, 4.69) is 10.1 Å². The molecule has 0 fully saturated rings. The van der Waals surface area contributed by atoms with Gasteiger partial charge >= 0.3 is 12.1 Å². The predicted molar refractivity (Wildman–Crippen MR) is 122 cm³/mol. The molecule has 0 atom stereocenters. The van der Waals surface area contributed by atoms with Crippen molar-refractivity contribution in [2.75, 3.05) is 12.4 Å². The Morgan fingerprint density at radius 2 is 1.91 bits per heavy atom. The lowest BCUT2D eigenvalue weighted by Gasteiger charge is -2.13. The molecular formula is C23H17ClF4N2O2S. The average molecular weight is 497 g/mol. The number of halogens is 5. The maximum Gasteiger partial charge on any atom is 0.432 e. The molecule has 33 heavy (non-hydrogen) atoms. The van der Waals surface area contributed by atoms with E-state index in [9.17, 15) is 22.4 Å². The van der Waals surface area contributed by atoms with Gasteiger partial charge in [0.1, 0.15) is 11.5 Å². The lowest BCUT2D eigenvalue weighted by Crippen LogP contribution is -2.20. The number of carbonyl (C=O) groups is 1. The SMILES string of the molecule is COC(=O)Cc1ccc(F)c(-c2ccc(/C(=C/C(=N)C(F)(F)F)Nc3ccccc3Cl)s2)c1. The van der Waals surface area contributed by atoms with Crippen LogP contribution in [0.25, 0.3) is 16.1 Å². The van der Waals surface area contributed by atoms with Crippen molar-refractivity contribution in [1.29, 1.82) is 5.41 Å². The second-order valence-electron chi connectivity index (χ2n) is 6.81. The van der Waals surface area contributed by atoms with E-state index < -0.39 is 23.7 Å². The first kappa shape index (κ1) is 24.5. The van der Waals surface area contributed by atoms with Crippen molar-refractivity contribution in [1.82, 2.24) is 0 Å². The molecule has 0 spiro atoms. The first-order valence-corrected chi connectivity index (χ1v) is 10.6. The Hall–Kier alpha value is -3.17. The number of rotatable bonds is 7. The van der Waals surface area contributed by atoms with Gasteiger partial charge in [0.2, 0.25) is 0 Å². The third kappa shape index (κ3) is 6.21. The highest BCUT2D eigenvalue weighted by Gasteiger charge is 2.33. The van der Waals surface area contributed by atoms with Gasteiger partial charge in [0.15, 0.2) is 0 Å². The van der Waals surface area contributed by atoms with Crippen LogP contribution in [-0.2, 0) is 16.0 Å². The Morgan fingerprint density at radius 1 is 1.18 bits per heavy atom. The summed E-state index contributed by atoms with van der Waals surface area (Å²) in [7, 11) is 1.25. The molecule has 172 valence electrons. The minimum absolute atomic E-state index is 0.0206. The van der Waals surface area contributed by atoms with E-state index in [-0.39, 0.29) is 22.7 Å². The molecule has 10 heteroatoms. The van der Waals surface area contributed by atoms with E-state index in [1.54, 1.807) is 30.3 Å². The number of carbonyl (C=O) groups excluding carboxylic acids is 1. The summed E-state index contributed by atoms with van der Waals surface area (Å²) in [5.41, 5.74) is -0.514. The number of ether oxygens (including phenoxy) is 1. The highest BCUT2D eigenvalue weighted by atomic mass is 35.5. The fraction of sp³-hybridized carbons (Fsp3) is 0.130. The summed E-state index contributed by atoms with van der Waals surface area (Å²) in [6, 6.07) is 13.7. The minimum Gasteiger partial charge on any atom is -0.469 e. The normalized spacial score (nSPS) is 11.9. The number of esters is 1. The van der Waals surface area contributed by atoms with Gasteiger partial charge in [0.05, 0.1) is 34.8 Å². The number of alkyl halides is 3. The molecular weight excluding hydrogens is 480 g/mol. The third-order valence-electron chi connectivity index (χ3n) is 4.48. The van der Waals surface area contributed by atoms with E-state index in [1.807, 2.05) is 0 Å². The van der Waals surface area contributed by atoms with E-state index in [0.717, 1.165) is 11.3 Å². The molecule has 0 unspecified atom stereocenters. The first-order valence-electron chi connectivity index (χ1n) is 9.43. The van der Waals surface area contributed by atoms with Crippen LogP contribution >= 0.6 is 22.9 Å². The highest BCUT2D eigenvalue weighted by molar-refractivity contribution is 7.16. The lowest BCUT2D eigenvalue weighted by atomic mass is 10.1. The molecule has 2 N–H and O–H groups in total. The standard InChI is InChI=1S/C23H17ClF4N2O2S/c1-32-22(31)11-13-6-7-16(25)14(10-13)19-8-9-20(33-19)18(12-21(29)23(26,27)28)30-17-5-3-2-4-15(17)24/h2-10,12,29-30H,11H2,1H3/b18-12-,29-21?. The van der Waals surface area contributed by atoms with Crippen molar-refractivity contribution in [3.8, 4) is 10.4 Å². The lowest BCUT2D eigenvalue weighted by molar-refractivity contribution is -0.139. The predicted octanol–water partition coefficient (Wildman–Crippen LogP) is 6.96. The van der Waals surface area contributed by atoms with Crippen molar-refractivity contribution in [3.05, 3.63) is 82.0 Å². The molecule has 3 rings (SSSR count). The number of para-hydroxylation sites is 1. The Kier molecular flexibility index (Phi) is 7.55. The topological polar surface area (TPSA) is 62.2 Å². The molecule has 0 bridgehead atoms. The summed E-state index contributed by atoms with van der Waals surface area (Å²) in [6.07, 6.45) is -4.24. The zero-order chi connectivity index (χ0) is 24.2. The first-order chi connectivity index (χ1) is 15.6. The van der Waals surface area contributed by atoms with Crippen LogP contribution in [-0.4, -0.2) is 25.0 Å². The number of nitrogens with one attached hydrogen (secondary N) is 2. The second kappa shape index (κ2) is 10.2. The molecule has 4 nitrogen and oxygen atoms in total. The molecule has 3 aromatic rings. The van der Waals surface area contributed by atoms with Crippen molar-refractivity contribution in [3.63, 3.8) is 0 Å². The van der Waals surface area contributed by atoms with Crippen molar-refractivity contribution in [2.45, 2.75) is 12.6 Å². The number of anilines is 1. The van der Waals surface area contributed by atoms with Crippen LogP contribution < -0.4 is 5.32 Å². The van der Waals surface area contributed by atoms with Crippen molar-refractivity contribution in [2.24, 2.45) is 0 Å². The van der Waals surface area contributed by atoms with Gasteiger partial charge in [-0.25, -0.2) is 4.39 Å². The van der Waals surface area contributed by atoms with Crippen LogP contribution in [0.4, 0.5) is 23.2 Å². The zero-order valence-corrected chi connectivity index (χ0v) is 18.7. The maximum absolute atomic E-state index is 14.5. The van der Waals surface area contributed by atoms with Gasteiger partial charge in [0, 0.05) is 10.4 Å². The number of benzene rings is 2. The smallest absolute Gasteiger partial charge is 0.432 e. The van der Waals surface area contributed by atoms with E-state index in [1.165, 1.54) is 31.4 Å². The molecule has 0 radical (unpaired) electrons. The fourth-order valence-corrected chi connectivity index (χ4v) is 4.02. The van der Waals surface area contributed by atoms with Crippen molar-refractivity contribution < 1.29 is 27.1 Å². The van der Waals surface area contributed by atoms with Gasteiger partial charge in [-0.1, -0.05) is 29.8 Å². The molecule has 2 aromatic carbocycles. The molecule has 0 aliphatic heterocycles. The summed E-state index contributed by atoms with van der Waals surface area (Å²) in [5.74, 6) is -1.04. The monoisotopic (exact) mass is 496 g/mol. The number of thiophene rings is 1. The van der Waals surface area contributed by atoms with Crippen LogP contribution in [0.3, 0.4) is 0 Å². The Labute approximate surface area is 196 Å². The number of methoxy groups -OCH3 is 1. The Morgan fingerprint density at radius 3 is 2.58 bits per heavy atom. The van der Waals surface area contributed by atoms with Crippen LogP contribution in [0.15, 0.2) is 60.7 Å². The van der Waals surface area contributed by atoms with E-state index in [0.29, 0.717) is 27.1 Å². The molecule has 0 saturated carbocycles. The van der Waals surface area contributed by atoms with Gasteiger partial charge < -0.3 is 10.1 Å². The summed E-state index contributed by atoms with van der Waals surface area (Å²) in [4.78, 5) is 12.3. The van der Waals surface area contributed by atoms with Crippen LogP contribution in [0.1, 0.15) is 10.4 Å². The van der Waals surface area contributed by atoms with Gasteiger partial charge in [0.25, 0.3) is 0 Å². The van der Waals surface area contributed by atoms with Crippen LogP contribution in [0.5, 0.6) is 0 Å². The van der Waals surface area contributed by atoms with Crippen LogP contribution in [0, 0.1) is 11.2 Å². The van der Waals surface area contributed by atoms with Gasteiger partial charge in [-0.2, -0.15) is 13.2 Å². The summed E-state index contributed by atoms with van der Waals surface area (Å²) >= 11 is 7.15. The van der Waals surface area contributed by atoms with Crippen LogP contribution in [0.2, 0.25) is 5.02 Å². The van der Waals surface area contributed by atoms with E-state index >= 15 is 0 Å². The van der Waals surface area contributed by atoms with Gasteiger partial charge in [-0.15, -0.1) is 11.3 Å². The fourth-order valence-electron chi connectivity index (χ4n) is 2.84. The molecule has 0 aliphatic carbocycles. The van der Waals surface area contributed by atoms with Gasteiger partial charge in [-0.3, -0.25) is 10.2 Å². The minimum atomic E-state index is -4.85. The Balaban J connectivity index is 2.01. The zero-order valence-electron chi connectivity index (χ0n) is 17.1. The second-order valence-corrected chi connectivity index (χ2v) is 8.30. The highest BCUT2D eigenvalue weighted by Crippen LogP contribution is 2.36. The summed E-state index contributed by atoms with van der Waals surface area (Å²) in [5, 5.41) is 10.5. The number of hydrogen-bond donors (Lipinski definition) is 2. The maximum atomic E-state index is 14.5. The molecule has 1 aromatic heterocycles. The van der Waals surface area contributed by atoms with E-state index in [4.69, 9.17) is 17.0 Å². The number of allylic oxidation sites excluding steroid dienone is 1. The largest absolute Gasteiger partial charge is 0.469 e. The van der Waals surface area contributed by atoms with Crippen molar-refractivity contribution >= 4 is 46.0 Å². The molecule has 0 amide bonds.